The summed E-state index contributed by atoms with van der Waals surface area (Å²) in [5.41, 5.74) is 4.56. The molecule has 0 unspecified atom stereocenters. The SMILES string of the molecule is CN(C)C1CC1.Cc1cccc2c1CCN(C)C2. The third-order valence-corrected chi connectivity index (χ3v) is 3.97. The van der Waals surface area contributed by atoms with E-state index < -0.39 is 0 Å². The van der Waals surface area contributed by atoms with Gasteiger partial charge in [0.25, 0.3) is 0 Å². The van der Waals surface area contributed by atoms with E-state index in [4.69, 9.17) is 0 Å². The van der Waals surface area contributed by atoms with Crippen molar-refractivity contribution in [3.8, 4) is 0 Å². The van der Waals surface area contributed by atoms with Crippen LogP contribution in [0.5, 0.6) is 0 Å². The average molecular weight is 246 g/mol. The summed E-state index contributed by atoms with van der Waals surface area (Å²) in [6, 6.07) is 7.56. The molecule has 100 valence electrons. The molecule has 1 fully saturated rings. The van der Waals surface area contributed by atoms with Crippen LogP contribution in [-0.2, 0) is 13.0 Å². The van der Waals surface area contributed by atoms with Crippen LogP contribution >= 0.6 is 0 Å². The second-order valence-corrected chi connectivity index (χ2v) is 5.90. The van der Waals surface area contributed by atoms with E-state index >= 15 is 0 Å². The van der Waals surface area contributed by atoms with Crippen LogP contribution in [-0.4, -0.2) is 43.5 Å². The smallest absolute Gasteiger partial charge is 0.0233 e. The second-order valence-electron chi connectivity index (χ2n) is 5.90. The number of likely N-dealkylation sites (N-methyl/N-ethyl adjacent to an activating group) is 1. The molecule has 2 aliphatic rings. The van der Waals surface area contributed by atoms with Gasteiger partial charge < -0.3 is 9.80 Å². The second kappa shape index (κ2) is 5.85. The normalized spacial score (nSPS) is 19.2. The third-order valence-electron chi connectivity index (χ3n) is 3.97. The molecule has 0 atom stereocenters. The van der Waals surface area contributed by atoms with Gasteiger partial charge in [-0.1, -0.05) is 18.2 Å². The van der Waals surface area contributed by atoms with Crippen molar-refractivity contribution in [3.63, 3.8) is 0 Å². The van der Waals surface area contributed by atoms with E-state index in [1.807, 2.05) is 0 Å². The summed E-state index contributed by atoms with van der Waals surface area (Å²) >= 11 is 0. The van der Waals surface area contributed by atoms with Crippen molar-refractivity contribution in [3.05, 3.63) is 34.9 Å². The van der Waals surface area contributed by atoms with Crippen molar-refractivity contribution >= 4 is 0 Å². The van der Waals surface area contributed by atoms with E-state index in [0.29, 0.717) is 0 Å². The van der Waals surface area contributed by atoms with Gasteiger partial charge in [0.2, 0.25) is 0 Å². The van der Waals surface area contributed by atoms with Crippen molar-refractivity contribution in [2.24, 2.45) is 0 Å². The van der Waals surface area contributed by atoms with E-state index in [2.05, 4.69) is 56.1 Å². The lowest BCUT2D eigenvalue weighted by Crippen LogP contribution is -2.26. The fourth-order valence-corrected chi connectivity index (χ4v) is 2.53. The van der Waals surface area contributed by atoms with E-state index in [1.54, 1.807) is 5.56 Å². The Labute approximate surface area is 112 Å². The van der Waals surface area contributed by atoms with Gasteiger partial charge in [-0.25, -0.2) is 0 Å². The predicted molar refractivity (Wildman–Crippen MR) is 77.9 cm³/mol. The largest absolute Gasteiger partial charge is 0.306 e. The number of nitrogens with zero attached hydrogens (tertiary/aromatic N) is 2. The van der Waals surface area contributed by atoms with Gasteiger partial charge in [0, 0.05) is 19.1 Å². The number of fused-ring (bicyclic) bond motifs is 1. The Bertz CT molecular complexity index is 394. The van der Waals surface area contributed by atoms with Crippen LogP contribution in [0.15, 0.2) is 18.2 Å². The fourth-order valence-electron chi connectivity index (χ4n) is 2.53. The first kappa shape index (κ1) is 13.6. The summed E-state index contributed by atoms with van der Waals surface area (Å²) in [7, 11) is 6.46. The minimum absolute atomic E-state index is 0.935. The molecule has 0 saturated heterocycles. The minimum atomic E-state index is 0.935. The van der Waals surface area contributed by atoms with Gasteiger partial charge in [-0.3, -0.25) is 0 Å². The number of rotatable bonds is 1. The van der Waals surface area contributed by atoms with Crippen LogP contribution in [0.1, 0.15) is 29.5 Å². The highest BCUT2D eigenvalue weighted by atomic mass is 15.1. The zero-order valence-corrected chi connectivity index (χ0v) is 12.2. The molecule has 18 heavy (non-hydrogen) atoms. The van der Waals surface area contributed by atoms with Crippen molar-refractivity contribution < 1.29 is 0 Å². The molecule has 1 aromatic rings. The standard InChI is InChI=1S/C11H15N.C5H11N/c1-9-4-3-5-10-8-12(2)7-6-11(9)10;1-6(2)5-3-4-5/h3-5H,6-8H2,1-2H3;5H,3-4H2,1-2H3. The summed E-state index contributed by atoms with van der Waals surface area (Å²) in [4.78, 5) is 4.65. The Morgan fingerprint density at radius 3 is 2.50 bits per heavy atom. The van der Waals surface area contributed by atoms with E-state index in [-0.39, 0.29) is 0 Å². The van der Waals surface area contributed by atoms with E-state index in [0.717, 1.165) is 12.6 Å². The van der Waals surface area contributed by atoms with E-state index in [1.165, 1.54) is 36.9 Å². The number of aryl methyl sites for hydroxylation is 1. The highest BCUT2D eigenvalue weighted by molar-refractivity contribution is 5.35. The van der Waals surface area contributed by atoms with Crippen molar-refractivity contribution in [1.82, 2.24) is 9.80 Å². The molecular formula is C16H26N2. The zero-order valence-electron chi connectivity index (χ0n) is 12.2. The third kappa shape index (κ3) is 3.56. The molecule has 2 nitrogen and oxygen atoms in total. The van der Waals surface area contributed by atoms with Crippen LogP contribution in [0.2, 0.25) is 0 Å². The summed E-state index contributed by atoms with van der Waals surface area (Å²) in [6.45, 7) is 4.54. The molecule has 1 heterocycles. The summed E-state index contributed by atoms with van der Waals surface area (Å²) in [6.07, 6.45) is 4.07. The Hall–Kier alpha value is -0.860. The van der Waals surface area contributed by atoms with Crippen molar-refractivity contribution in [1.29, 1.82) is 0 Å². The monoisotopic (exact) mass is 246 g/mol. The quantitative estimate of drug-likeness (QED) is 0.752. The summed E-state index contributed by atoms with van der Waals surface area (Å²) in [5.74, 6) is 0. The molecule has 0 N–H and O–H groups in total. The molecule has 0 spiro atoms. The average Bonchev–Trinajstić information content (AvgIpc) is 3.13. The highest BCUT2D eigenvalue weighted by Crippen LogP contribution is 2.23. The molecule has 1 aliphatic heterocycles. The lowest BCUT2D eigenvalue weighted by molar-refractivity contribution is 0.312. The van der Waals surface area contributed by atoms with Crippen LogP contribution in [0, 0.1) is 6.92 Å². The molecule has 2 heteroatoms. The van der Waals surface area contributed by atoms with Crippen LogP contribution < -0.4 is 0 Å². The first-order valence-corrected chi connectivity index (χ1v) is 7.00. The number of hydrogen-bond donors (Lipinski definition) is 0. The number of hydrogen-bond acceptors (Lipinski definition) is 2. The number of benzene rings is 1. The summed E-state index contributed by atoms with van der Waals surface area (Å²) < 4.78 is 0. The van der Waals surface area contributed by atoms with Gasteiger partial charge >= 0.3 is 0 Å². The maximum absolute atomic E-state index is 2.38. The zero-order chi connectivity index (χ0) is 13.1. The maximum atomic E-state index is 2.38. The van der Waals surface area contributed by atoms with Gasteiger partial charge in [-0.15, -0.1) is 0 Å². The Morgan fingerprint density at radius 1 is 1.22 bits per heavy atom. The van der Waals surface area contributed by atoms with Gasteiger partial charge in [0.05, 0.1) is 0 Å². The van der Waals surface area contributed by atoms with Crippen LogP contribution in [0.3, 0.4) is 0 Å². The predicted octanol–water partition coefficient (Wildman–Crippen LogP) is 2.69. The Balaban J connectivity index is 0.000000169. The van der Waals surface area contributed by atoms with Crippen LogP contribution in [0.25, 0.3) is 0 Å². The van der Waals surface area contributed by atoms with Crippen LogP contribution in [0.4, 0.5) is 0 Å². The molecule has 1 aliphatic carbocycles. The molecule has 0 amide bonds. The van der Waals surface area contributed by atoms with E-state index in [9.17, 15) is 0 Å². The lowest BCUT2D eigenvalue weighted by Gasteiger charge is -2.25. The minimum Gasteiger partial charge on any atom is -0.306 e. The van der Waals surface area contributed by atoms with Crippen molar-refractivity contribution in [2.45, 2.75) is 38.8 Å². The van der Waals surface area contributed by atoms with Gasteiger partial charge in [0.15, 0.2) is 0 Å². The molecule has 0 aromatic heterocycles. The molecule has 0 radical (unpaired) electrons. The maximum Gasteiger partial charge on any atom is 0.0233 e. The Kier molecular flexibility index (Phi) is 4.41. The first-order chi connectivity index (χ1) is 8.58. The lowest BCUT2D eigenvalue weighted by atomic mass is 9.96. The van der Waals surface area contributed by atoms with Crippen molar-refractivity contribution in [2.75, 3.05) is 27.7 Å². The molecular weight excluding hydrogens is 220 g/mol. The first-order valence-electron chi connectivity index (χ1n) is 7.00. The molecule has 3 rings (SSSR count). The van der Waals surface area contributed by atoms with Gasteiger partial charge in [-0.2, -0.15) is 0 Å². The summed E-state index contributed by atoms with van der Waals surface area (Å²) in [5, 5.41) is 0. The topological polar surface area (TPSA) is 6.48 Å². The highest BCUT2D eigenvalue weighted by Gasteiger charge is 2.22. The van der Waals surface area contributed by atoms with Gasteiger partial charge in [-0.05, 0) is 64.0 Å². The Morgan fingerprint density at radius 2 is 1.94 bits per heavy atom. The molecule has 0 bridgehead atoms. The molecule has 1 saturated carbocycles. The van der Waals surface area contributed by atoms with Gasteiger partial charge in [0.1, 0.15) is 0 Å². The molecule has 1 aromatic carbocycles. The fraction of sp³-hybridized carbons (Fsp3) is 0.625.